The summed E-state index contributed by atoms with van der Waals surface area (Å²) in [6.07, 6.45) is 0. The van der Waals surface area contributed by atoms with E-state index < -0.39 is 5.97 Å². The van der Waals surface area contributed by atoms with Crippen molar-refractivity contribution in [2.75, 3.05) is 13.2 Å². The van der Waals surface area contributed by atoms with E-state index in [0.717, 1.165) is 0 Å². The second-order valence-corrected chi connectivity index (χ2v) is 4.87. The molecule has 1 N–H and O–H groups in total. The minimum Gasteiger partial charge on any atom is -0.485 e. The highest BCUT2D eigenvalue weighted by Gasteiger charge is 2.22. The predicted molar refractivity (Wildman–Crippen MR) is 82.5 cm³/mol. The summed E-state index contributed by atoms with van der Waals surface area (Å²) in [5, 5.41) is 0. The first kappa shape index (κ1) is 15.8. The zero-order valence-electron chi connectivity index (χ0n) is 12.9. The van der Waals surface area contributed by atoms with Crippen LogP contribution in [0.1, 0.15) is 39.0 Å². The molecular weight excluding hydrogens is 282 g/mol. The molecule has 0 radical (unpaired) electrons. The summed E-state index contributed by atoms with van der Waals surface area (Å²) in [5.74, 6) is -0.000762. The Labute approximate surface area is 129 Å². The summed E-state index contributed by atoms with van der Waals surface area (Å²) in [6.45, 7) is 5.42. The Kier molecular flexibility index (Phi) is 4.99. The highest BCUT2D eigenvalue weighted by atomic mass is 16.5. The molecule has 5 nitrogen and oxygen atoms in total. The molecule has 0 saturated carbocycles. The molecule has 1 heterocycles. The van der Waals surface area contributed by atoms with Gasteiger partial charge in [0.05, 0.1) is 17.9 Å². The van der Waals surface area contributed by atoms with Crippen LogP contribution in [0.2, 0.25) is 0 Å². The van der Waals surface area contributed by atoms with E-state index in [1.165, 1.54) is 0 Å². The fraction of sp³-hybridized carbons (Fsp3) is 0.294. The van der Waals surface area contributed by atoms with Crippen LogP contribution in [-0.4, -0.2) is 30.0 Å². The number of para-hydroxylation sites is 1. The van der Waals surface area contributed by atoms with Gasteiger partial charge in [0.2, 0.25) is 5.78 Å². The maximum atomic E-state index is 12.3. The normalized spacial score (nSPS) is 10.3. The summed E-state index contributed by atoms with van der Waals surface area (Å²) in [7, 11) is 0. The van der Waals surface area contributed by atoms with Crippen molar-refractivity contribution in [3.63, 3.8) is 0 Å². The van der Waals surface area contributed by atoms with Crippen molar-refractivity contribution in [1.82, 2.24) is 4.98 Å². The molecular formula is C17H19NO4. The predicted octanol–water partition coefficient (Wildman–Crippen LogP) is 3.07. The summed E-state index contributed by atoms with van der Waals surface area (Å²) in [5.41, 5.74) is 2.03. The van der Waals surface area contributed by atoms with Crippen molar-refractivity contribution in [2.24, 2.45) is 0 Å². The average Bonchev–Trinajstić information content (AvgIpc) is 2.81. The Hall–Kier alpha value is -2.56. The molecule has 0 bridgehead atoms. The van der Waals surface area contributed by atoms with E-state index in [0.29, 0.717) is 34.9 Å². The fourth-order valence-electron chi connectivity index (χ4n) is 2.28. The van der Waals surface area contributed by atoms with Crippen LogP contribution in [-0.2, 0) is 4.74 Å². The lowest BCUT2D eigenvalue weighted by atomic mass is 10.1. The molecule has 0 aliphatic carbocycles. The topological polar surface area (TPSA) is 68.4 Å². The maximum Gasteiger partial charge on any atom is 0.340 e. The number of ether oxygens (including phenoxy) is 2. The zero-order chi connectivity index (χ0) is 16.1. The van der Waals surface area contributed by atoms with E-state index in [-0.39, 0.29) is 12.4 Å². The van der Waals surface area contributed by atoms with Crippen molar-refractivity contribution in [3.05, 3.63) is 52.8 Å². The molecule has 22 heavy (non-hydrogen) atoms. The SMILES string of the molecule is CCOC(=O)c1c(C)[nH]c(C(=O)COc2ccccc2)c1C. The smallest absolute Gasteiger partial charge is 0.340 e. The van der Waals surface area contributed by atoms with Gasteiger partial charge in [0.25, 0.3) is 0 Å². The van der Waals surface area contributed by atoms with Crippen LogP contribution in [0, 0.1) is 13.8 Å². The third-order valence-electron chi connectivity index (χ3n) is 3.31. The van der Waals surface area contributed by atoms with Gasteiger partial charge in [-0.05, 0) is 38.5 Å². The molecule has 0 saturated heterocycles. The first-order valence-corrected chi connectivity index (χ1v) is 7.12. The van der Waals surface area contributed by atoms with Gasteiger partial charge in [0, 0.05) is 5.69 Å². The van der Waals surface area contributed by atoms with Crippen molar-refractivity contribution < 1.29 is 19.1 Å². The van der Waals surface area contributed by atoms with Crippen molar-refractivity contribution >= 4 is 11.8 Å². The summed E-state index contributed by atoms with van der Waals surface area (Å²) >= 11 is 0. The second kappa shape index (κ2) is 6.93. The van der Waals surface area contributed by atoms with Gasteiger partial charge in [-0.1, -0.05) is 18.2 Å². The Morgan fingerprint density at radius 1 is 1.14 bits per heavy atom. The highest BCUT2D eigenvalue weighted by Crippen LogP contribution is 2.20. The van der Waals surface area contributed by atoms with Gasteiger partial charge in [-0.15, -0.1) is 0 Å². The van der Waals surface area contributed by atoms with Gasteiger partial charge >= 0.3 is 5.97 Å². The van der Waals surface area contributed by atoms with Crippen LogP contribution in [0.4, 0.5) is 0 Å². The van der Waals surface area contributed by atoms with Gasteiger partial charge in [-0.2, -0.15) is 0 Å². The van der Waals surface area contributed by atoms with Gasteiger partial charge in [-0.25, -0.2) is 4.79 Å². The van der Waals surface area contributed by atoms with Crippen LogP contribution >= 0.6 is 0 Å². The third-order valence-corrected chi connectivity index (χ3v) is 3.31. The molecule has 0 aliphatic rings. The van der Waals surface area contributed by atoms with Crippen LogP contribution in [0.25, 0.3) is 0 Å². The van der Waals surface area contributed by atoms with Gasteiger partial charge < -0.3 is 14.5 Å². The number of carbonyl (C=O) groups excluding carboxylic acids is 2. The lowest BCUT2D eigenvalue weighted by Gasteiger charge is -2.05. The van der Waals surface area contributed by atoms with E-state index in [2.05, 4.69) is 4.98 Å². The van der Waals surface area contributed by atoms with Crippen molar-refractivity contribution in [1.29, 1.82) is 0 Å². The number of aromatic amines is 1. The fourth-order valence-corrected chi connectivity index (χ4v) is 2.28. The van der Waals surface area contributed by atoms with E-state index in [1.807, 2.05) is 18.2 Å². The van der Waals surface area contributed by atoms with Crippen molar-refractivity contribution in [2.45, 2.75) is 20.8 Å². The van der Waals surface area contributed by atoms with Gasteiger partial charge in [0.1, 0.15) is 5.75 Å². The van der Waals surface area contributed by atoms with E-state index in [9.17, 15) is 9.59 Å². The Balaban J connectivity index is 2.13. The van der Waals surface area contributed by atoms with Crippen LogP contribution in [0.3, 0.4) is 0 Å². The lowest BCUT2D eigenvalue weighted by molar-refractivity contribution is 0.0525. The van der Waals surface area contributed by atoms with Gasteiger partial charge in [-0.3, -0.25) is 4.79 Å². The molecule has 0 unspecified atom stereocenters. The Morgan fingerprint density at radius 3 is 2.45 bits per heavy atom. The number of hydrogen-bond acceptors (Lipinski definition) is 4. The number of hydrogen-bond donors (Lipinski definition) is 1. The average molecular weight is 301 g/mol. The number of rotatable bonds is 6. The first-order valence-electron chi connectivity index (χ1n) is 7.12. The number of ketones is 1. The van der Waals surface area contributed by atoms with Gasteiger partial charge in [0.15, 0.2) is 6.61 Å². The zero-order valence-corrected chi connectivity index (χ0v) is 12.9. The molecule has 2 aromatic rings. The summed E-state index contributed by atoms with van der Waals surface area (Å²) in [6, 6.07) is 9.11. The van der Waals surface area contributed by atoms with Crippen molar-refractivity contribution in [3.8, 4) is 5.75 Å². The lowest BCUT2D eigenvalue weighted by Crippen LogP contribution is -2.13. The monoisotopic (exact) mass is 301 g/mol. The third kappa shape index (κ3) is 3.36. The molecule has 1 aromatic carbocycles. The molecule has 0 aliphatic heterocycles. The number of nitrogens with one attached hydrogen (secondary N) is 1. The van der Waals surface area contributed by atoms with E-state index in [1.54, 1.807) is 32.9 Å². The number of esters is 1. The molecule has 2 rings (SSSR count). The second-order valence-electron chi connectivity index (χ2n) is 4.87. The molecule has 0 atom stereocenters. The van der Waals surface area contributed by atoms with Crippen LogP contribution < -0.4 is 4.74 Å². The number of carbonyl (C=O) groups is 2. The molecule has 0 spiro atoms. The maximum absolute atomic E-state index is 12.3. The first-order chi connectivity index (χ1) is 10.5. The van der Waals surface area contributed by atoms with E-state index >= 15 is 0 Å². The minimum atomic E-state index is -0.420. The molecule has 1 aromatic heterocycles. The van der Waals surface area contributed by atoms with Crippen LogP contribution in [0.5, 0.6) is 5.75 Å². The number of aromatic nitrogens is 1. The Bertz CT molecular complexity index is 673. The minimum absolute atomic E-state index is 0.0902. The van der Waals surface area contributed by atoms with Crippen LogP contribution in [0.15, 0.2) is 30.3 Å². The number of aryl methyl sites for hydroxylation is 1. The molecule has 0 fully saturated rings. The highest BCUT2D eigenvalue weighted by molar-refractivity contribution is 6.02. The molecule has 5 heteroatoms. The summed E-state index contributed by atoms with van der Waals surface area (Å²) in [4.78, 5) is 27.2. The largest absolute Gasteiger partial charge is 0.485 e. The number of H-pyrrole nitrogens is 1. The quantitative estimate of drug-likeness (QED) is 0.657. The molecule has 0 amide bonds. The number of Topliss-reactive ketones (excluding diaryl/α,β-unsaturated/α-hetero) is 1. The Morgan fingerprint density at radius 2 is 1.82 bits per heavy atom. The molecule has 116 valence electrons. The van der Waals surface area contributed by atoms with E-state index in [4.69, 9.17) is 9.47 Å². The standard InChI is InChI=1S/C17H19NO4/c1-4-21-17(20)15-11(2)16(18-12(15)3)14(19)10-22-13-8-6-5-7-9-13/h5-9,18H,4,10H2,1-3H3. The summed E-state index contributed by atoms with van der Waals surface area (Å²) < 4.78 is 10.5. The number of benzene rings is 1.